The van der Waals surface area contributed by atoms with E-state index in [1.165, 1.54) is 6.07 Å². The van der Waals surface area contributed by atoms with Gasteiger partial charge in [-0.25, -0.2) is 4.39 Å². The summed E-state index contributed by atoms with van der Waals surface area (Å²) >= 11 is 3.27. The van der Waals surface area contributed by atoms with Crippen LogP contribution in [-0.2, 0) is 0 Å². The summed E-state index contributed by atoms with van der Waals surface area (Å²) in [5.41, 5.74) is 5.55. The van der Waals surface area contributed by atoms with Gasteiger partial charge >= 0.3 is 0 Å². The number of hydrogen-bond acceptors (Lipinski definition) is 2. The molecule has 2 nitrogen and oxygen atoms in total. The number of benzene rings is 1. The van der Waals surface area contributed by atoms with Gasteiger partial charge in [-0.1, -0.05) is 29.8 Å². The molecule has 0 heterocycles. The van der Waals surface area contributed by atoms with Crippen LogP contribution in [0.2, 0.25) is 0 Å². The molecule has 0 aliphatic heterocycles. The SMILES string of the molecule is CC(C)C(CN)Oc1cc(Br)ccc1F. The normalized spacial score (nSPS) is 12.9. The van der Waals surface area contributed by atoms with Gasteiger partial charge in [-0.3, -0.25) is 0 Å². The molecule has 0 fully saturated rings. The Bertz CT molecular complexity index is 330. The van der Waals surface area contributed by atoms with Crippen LogP contribution in [0.25, 0.3) is 0 Å². The first-order valence-electron chi connectivity index (χ1n) is 4.86. The molecule has 1 atom stereocenters. The second-order valence-electron chi connectivity index (χ2n) is 3.71. The average molecular weight is 276 g/mol. The summed E-state index contributed by atoms with van der Waals surface area (Å²) in [5, 5.41) is 0. The van der Waals surface area contributed by atoms with Crippen LogP contribution < -0.4 is 10.5 Å². The lowest BCUT2D eigenvalue weighted by Gasteiger charge is -2.21. The first-order valence-corrected chi connectivity index (χ1v) is 5.65. The van der Waals surface area contributed by atoms with E-state index in [-0.39, 0.29) is 23.6 Å². The zero-order valence-electron chi connectivity index (χ0n) is 8.84. The summed E-state index contributed by atoms with van der Waals surface area (Å²) in [4.78, 5) is 0. The number of rotatable bonds is 4. The van der Waals surface area contributed by atoms with Crippen molar-refractivity contribution in [2.24, 2.45) is 11.7 Å². The topological polar surface area (TPSA) is 35.2 Å². The molecule has 4 heteroatoms. The fourth-order valence-corrected chi connectivity index (χ4v) is 1.53. The number of halogens is 2. The molecule has 84 valence electrons. The second kappa shape index (κ2) is 5.47. The van der Waals surface area contributed by atoms with Crippen molar-refractivity contribution < 1.29 is 9.13 Å². The molecule has 0 aliphatic carbocycles. The molecule has 0 aliphatic rings. The summed E-state index contributed by atoms with van der Waals surface area (Å²) in [6.07, 6.45) is -0.159. The van der Waals surface area contributed by atoms with Gasteiger partial charge in [0.25, 0.3) is 0 Å². The molecule has 0 spiro atoms. The molecule has 2 N–H and O–H groups in total. The van der Waals surface area contributed by atoms with Gasteiger partial charge in [0.15, 0.2) is 11.6 Å². The minimum absolute atomic E-state index is 0.159. The quantitative estimate of drug-likeness (QED) is 0.917. The van der Waals surface area contributed by atoms with Gasteiger partial charge < -0.3 is 10.5 Å². The highest BCUT2D eigenvalue weighted by Crippen LogP contribution is 2.24. The molecule has 15 heavy (non-hydrogen) atoms. The van der Waals surface area contributed by atoms with Crippen LogP contribution in [0.1, 0.15) is 13.8 Å². The molecule has 0 saturated heterocycles. The van der Waals surface area contributed by atoms with E-state index in [9.17, 15) is 4.39 Å². The summed E-state index contributed by atoms with van der Waals surface area (Å²) in [6, 6.07) is 4.61. The summed E-state index contributed by atoms with van der Waals surface area (Å²) in [7, 11) is 0. The highest BCUT2D eigenvalue weighted by molar-refractivity contribution is 9.10. The van der Waals surface area contributed by atoms with Crippen LogP contribution in [0, 0.1) is 11.7 Å². The molecular weight excluding hydrogens is 261 g/mol. The Labute approximate surface area is 97.7 Å². The number of nitrogens with two attached hydrogens (primary N) is 1. The lowest BCUT2D eigenvalue weighted by molar-refractivity contribution is 0.152. The van der Waals surface area contributed by atoms with Crippen LogP contribution in [0.3, 0.4) is 0 Å². The van der Waals surface area contributed by atoms with E-state index in [2.05, 4.69) is 15.9 Å². The van der Waals surface area contributed by atoms with Gasteiger partial charge in [-0.05, 0) is 24.1 Å². The van der Waals surface area contributed by atoms with E-state index in [4.69, 9.17) is 10.5 Å². The molecule has 0 radical (unpaired) electrons. The highest BCUT2D eigenvalue weighted by atomic mass is 79.9. The van der Waals surface area contributed by atoms with E-state index < -0.39 is 0 Å². The van der Waals surface area contributed by atoms with Gasteiger partial charge in [-0.2, -0.15) is 0 Å². The molecule has 0 amide bonds. The summed E-state index contributed by atoms with van der Waals surface area (Å²) in [5.74, 6) is 0.138. The van der Waals surface area contributed by atoms with Crippen molar-refractivity contribution in [2.45, 2.75) is 20.0 Å². The third kappa shape index (κ3) is 3.47. The Morgan fingerprint density at radius 2 is 2.13 bits per heavy atom. The van der Waals surface area contributed by atoms with Crippen molar-refractivity contribution in [1.82, 2.24) is 0 Å². The maximum atomic E-state index is 13.3. The Balaban J connectivity index is 2.82. The Morgan fingerprint density at radius 3 is 2.67 bits per heavy atom. The van der Waals surface area contributed by atoms with Crippen molar-refractivity contribution in [1.29, 1.82) is 0 Å². The van der Waals surface area contributed by atoms with Gasteiger partial charge in [0.2, 0.25) is 0 Å². The first kappa shape index (κ1) is 12.5. The molecule has 1 aromatic carbocycles. The van der Waals surface area contributed by atoms with Gasteiger partial charge in [0.05, 0.1) is 0 Å². The minimum atomic E-state index is -0.364. The van der Waals surface area contributed by atoms with E-state index >= 15 is 0 Å². The molecule has 0 saturated carbocycles. The van der Waals surface area contributed by atoms with Crippen LogP contribution >= 0.6 is 15.9 Å². The van der Waals surface area contributed by atoms with Gasteiger partial charge in [0.1, 0.15) is 6.10 Å². The van der Waals surface area contributed by atoms with E-state index in [0.717, 1.165) is 4.47 Å². The molecular formula is C11H15BrFNO. The largest absolute Gasteiger partial charge is 0.486 e. The third-order valence-electron chi connectivity index (χ3n) is 2.15. The van der Waals surface area contributed by atoms with Crippen molar-refractivity contribution in [3.63, 3.8) is 0 Å². The third-order valence-corrected chi connectivity index (χ3v) is 2.64. The van der Waals surface area contributed by atoms with E-state index in [1.54, 1.807) is 12.1 Å². The molecule has 1 unspecified atom stereocenters. The minimum Gasteiger partial charge on any atom is -0.486 e. The number of hydrogen-bond donors (Lipinski definition) is 1. The lowest BCUT2D eigenvalue weighted by Crippen LogP contribution is -2.32. The molecule has 1 aromatic rings. The molecule has 0 bridgehead atoms. The predicted molar refractivity (Wildman–Crippen MR) is 62.4 cm³/mol. The smallest absolute Gasteiger partial charge is 0.165 e. The van der Waals surface area contributed by atoms with Crippen LogP contribution in [0.15, 0.2) is 22.7 Å². The Hall–Kier alpha value is -0.610. The molecule has 1 rings (SSSR count). The van der Waals surface area contributed by atoms with Crippen molar-refractivity contribution in [3.05, 3.63) is 28.5 Å². The van der Waals surface area contributed by atoms with Crippen molar-refractivity contribution in [2.75, 3.05) is 6.54 Å². The second-order valence-corrected chi connectivity index (χ2v) is 4.63. The Kier molecular flexibility index (Phi) is 4.54. The predicted octanol–water partition coefficient (Wildman–Crippen LogP) is 2.95. The van der Waals surface area contributed by atoms with Crippen molar-refractivity contribution >= 4 is 15.9 Å². The lowest BCUT2D eigenvalue weighted by atomic mass is 10.1. The van der Waals surface area contributed by atoms with E-state index in [0.29, 0.717) is 6.54 Å². The number of ether oxygens (including phenoxy) is 1. The zero-order chi connectivity index (χ0) is 11.4. The Morgan fingerprint density at radius 1 is 1.47 bits per heavy atom. The monoisotopic (exact) mass is 275 g/mol. The van der Waals surface area contributed by atoms with Gasteiger partial charge in [-0.15, -0.1) is 0 Å². The highest BCUT2D eigenvalue weighted by Gasteiger charge is 2.15. The summed E-state index contributed by atoms with van der Waals surface area (Å²) < 4.78 is 19.6. The van der Waals surface area contributed by atoms with Crippen molar-refractivity contribution in [3.8, 4) is 5.75 Å². The zero-order valence-corrected chi connectivity index (χ0v) is 10.4. The van der Waals surface area contributed by atoms with Gasteiger partial charge in [0, 0.05) is 11.0 Å². The van der Waals surface area contributed by atoms with Crippen LogP contribution in [0.5, 0.6) is 5.75 Å². The average Bonchev–Trinajstić information content (AvgIpc) is 2.18. The van der Waals surface area contributed by atoms with E-state index in [1.807, 2.05) is 13.8 Å². The summed E-state index contributed by atoms with van der Waals surface area (Å²) in [6.45, 7) is 4.37. The fraction of sp³-hybridized carbons (Fsp3) is 0.455. The van der Waals surface area contributed by atoms with Crippen LogP contribution in [-0.4, -0.2) is 12.6 Å². The maximum absolute atomic E-state index is 13.3. The first-order chi connectivity index (χ1) is 7.04. The fourth-order valence-electron chi connectivity index (χ4n) is 1.19. The van der Waals surface area contributed by atoms with Crippen LogP contribution in [0.4, 0.5) is 4.39 Å². The molecule has 0 aromatic heterocycles. The maximum Gasteiger partial charge on any atom is 0.165 e. The standard InChI is InChI=1S/C11H15BrFNO/c1-7(2)11(6-14)15-10-5-8(12)3-4-9(10)13/h3-5,7,11H,6,14H2,1-2H3.